The standard InChI is InChI=1S/C10H18N2O2/c1-9-7-12(5-6-14-8-9)10(13)3-2-4-11/h2-3,9H,4-8,11H2,1H3/b3-2+. The summed E-state index contributed by atoms with van der Waals surface area (Å²) >= 11 is 0. The predicted octanol–water partition coefficient (Wildman–Crippen LogP) is -0.00380. The Balaban J connectivity index is 2.48. The highest BCUT2D eigenvalue weighted by molar-refractivity contribution is 5.87. The second-order valence-corrected chi connectivity index (χ2v) is 3.60. The molecule has 1 unspecified atom stereocenters. The number of nitrogens with zero attached hydrogens (tertiary/aromatic N) is 1. The molecular formula is C10H18N2O2. The molecule has 1 aliphatic rings. The lowest BCUT2D eigenvalue weighted by Crippen LogP contribution is -2.34. The highest BCUT2D eigenvalue weighted by Gasteiger charge is 2.17. The summed E-state index contributed by atoms with van der Waals surface area (Å²) in [7, 11) is 0. The Labute approximate surface area is 84.7 Å². The van der Waals surface area contributed by atoms with E-state index in [1.807, 2.05) is 4.90 Å². The van der Waals surface area contributed by atoms with Gasteiger partial charge in [-0.15, -0.1) is 0 Å². The summed E-state index contributed by atoms with van der Waals surface area (Å²) in [6, 6.07) is 0. The fraction of sp³-hybridized carbons (Fsp3) is 0.700. The second kappa shape index (κ2) is 5.78. The van der Waals surface area contributed by atoms with E-state index in [-0.39, 0.29) is 5.91 Å². The first-order valence-corrected chi connectivity index (χ1v) is 4.97. The molecule has 0 saturated carbocycles. The van der Waals surface area contributed by atoms with Gasteiger partial charge < -0.3 is 15.4 Å². The maximum Gasteiger partial charge on any atom is 0.246 e. The summed E-state index contributed by atoms with van der Waals surface area (Å²) in [5.74, 6) is 0.445. The Morgan fingerprint density at radius 2 is 2.50 bits per heavy atom. The molecule has 4 nitrogen and oxygen atoms in total. The number of amides is 1. The Hall–Kier alpha value is -0.870. The van der Waals surface area contributed by atoms with E-state index in [1.165, 1.54) is 6.08 Å². The molecule has 0 spiro atoms. The third-order valence-electron chi connectivity index (χ3n) is 2.15. The molecule has 0 aromatic carbocycles. The average Bonchev–Trinajstić information content (AvgIpc) is 2.39. The van der Waals surface area contributed by atoms with Crippen molar-refractivity contribution in [1.29, 1.82) is 0 Å². The van der Waals surface area contributed by atoms with Crippen molar-refractivity contribution in [3.05, 3.63) is 12.2 Å². The zero-order valence-corrected chi connectivity index (χ0v) is 8.61. The second-order valence-electron chi connectivity index (χ2n) is 3.60. The average molecular weight is 198 g/mol. The van der Waals surface area contributed by atoms with Crippen molar-refractivity contribution in [2.24, 2.45) is 11.7 Å². The van der Waals surface area contributed by atoms with Gasteiger partial charge in [0.2, 0.25) is 5.91 Å². The van der Waals surface area contributed by atoms with Crippen LogP contribution in [0, 0.1) is 5.92 Å². The fourth-order valence-corrected chi connectivity index (χ4v) is 1.45. The fourth-order valence-electron chi connectivity index (χ4n) is 1.45. The van der Waals surface area contributed by atoms with Crippen LogP contribution in [0.3, 0.4) is 0 Å². The number of carbonyl (C=O) groups excluding carboxylic acids is 1. The maximum absolute atomic E-state index is 11.6. The van der Waals surface area contributed by atoms with Crippen LogP contribution < -0.4 is 5.73 Å². The highest BCUT2D eigenvalue weighted by atomic mass is 16.5. The summed E-state index contributed by atoms with van der Waals surface area (Å²) in [4.78, 5) is 13.4. The van der Waals surface area contributed by atoms with E-state index >= 15 is 0 Å². The van der Waals surface area contributed by atoms with Crippen molar-refractivity contribution in [3.63, 3.8) is 0 Å². The van der Waals surface area contributed by atoms with E-state index < -0.39 is 0 Å². The minimum atomic E-state index is 0.0350. The van der Waals surface area contributed by atoms with Gasteiger partial charge in [0.25, 0.3) is 0 Å². The van der Waals surface area contributed by atoms with E-state index in [4.69, 9.17) is 10.5 Å². The normalized spacial score (nSPS) is 23.9. The lowest BCUT2D eigenvalue weighted by molar-refractivity contribution is -0.126. The molecule has 0 aromatic rings. The molecule has 1 atom stereocenters. The van der Waals surface area contributed by atoms with Crippen LogP contribution in [0.4, 0.5) is 0 Å². The lowest BCUT2D eigenvalue weighted by atomic mass is 10.2. The van der Waals surface area contributed by atoms with E-state index in [0.717, 1.165) is 13.2 Å². The predicted molar refractivity (Wildman–Crippen MR) is 54.8 cm³/mol. The zero-order chi connectivity index (χ0) is 10.4. The quantitative estimate of drug-likeness (QED) is 0.635. The highest BCUT2D eigenvalue weighted by Crippen LogP contribution is 2.06. The number of hydrogen-bond donors (Lipinski definition) is 1. The summed E-state index contributed by atoms with van der Waals surface area (Å²) in [5, 5.41) is 0. The summed E-state index contributed by atoms with van der Waals surface area (Å²) < 4.78 is 5.35. The molecule has 1 saturated heterocycles. The SMILES string of the molecule is CC1COCCN(C(=O)/C=C/CN)C1. The molecule has 80 valence electrons. The van der Waals surface area contributed by atoms with Crippen molar-refractivity contribution in [2.75, 3.05) is 32.8 Å². The van der Waals surface area contributed by atoms with Crippen LogP contribution in [-0.4, -0.2) is 43.7 Å². The van der Waals surface area contributed by atoms with Crippen molar-refractivity contribution >= 4 is 5.91 Å². The summed E-state index contributed by atoms with van der Waals surface area (Å²) in [6.45, 7) is 5.31. The van der Waals surface area contributed by atoms with E-state index in [0.29, 0.717) is 25.6 Å². The maximum atomic E-state index is 11.6. The van der Waals surface area contributed by atoms with Gasteiger partial charge >= 0.3 is 0 Å². The first kappa shape index (κ1) is 11.2. The molecule has 1 aliphatic heterocycles. The molecule has 1 heterocycles. The van der Waals surface area contributed by atoms with Crippen LogP contribution in [0.15, 0.2) is 12.2 Å². The Morgan fingerprint density at radius 1 is 1.71 bits per heavy atom. The smallest absolute Gasteiger partial charge is 0.246 e. The summed E-state index contributed by atoms with van der Waals surface area (Å²) in [5.41, 5.74) is 5.28. The van der Waals surface area contributed by atoms with E-state index in [1.54, 1.807) is 6.08 Å². The molecule has 4 heteroatoms. The summed E-state index contributed by atoms with van der Waals surface area (Å²) in [6.07, 6.45) is 3.22. The Bertz CT molecular complexity index is 216. The molecule has 0 radical (unpaired) electrons. The van der Waals surface area contributed by atoms with Gasteiger partial charge in [-0.25, -0.2) is 0 Å². The minimum absolute atomic E-state index is 0.0350. The number of nitrogens with two attached hydrogens (primary N) is 1. The van der Waals surface area contributed by atoms with E-state index in [9.17, 15) is 4.79 Å². The van der Waals surface area contributed by atoms with Gasteiger partial charge in [0.1, 0.15) is 0 Å². The van der Waals surface area contributed by atoms with Crippen molar-refractivity contribution in [2.45, 2.75) is 6.92 Å². The lowest BCUT2D eigenvalue weighted by Gasteiger charge is -2.19. The first-order chi connectivity index (χ1) is 6.74. The van der Waals surface area contributed by atoms with Crippen LogP contribution in [-0.2, 0) is 9.53 Å². The number of rotatable bonds is 2. The first-order valence-electron chi connectivity index (χ1n) is 4.97. The van der Waals surface area contributed by atoms with Crippen molar-refractivity contribution in [1.82, 2.24) is 4.90 Å². The molecule has 0 aliphatic carbocycles. The van der Waals surface area contributed by atoms with Gasteiger partial charge in [0.05, 0.1) is 13.2 Å². The van der Waals surface area contributed by atoms with Crippen molar-refractivity contribution < 1.29 is 9.53 Å². The van der Waals surface area contributed by atoms with Crippen molar-refractivity contribution in [3.8, 4) is 0 Å². The Kier molecular flexibility index (Phi) is 4.62. The van der Waals surface area contributed by atoms with Crippen LogP contribution >= 0.6 is 0 Å². The molecule has 0 bridgehead atoms. The van der Waals surface area contributed by atoms with Gasteiger partial charge in [0, 0.05) is 25.7 Å². The van der Waals surface area contributed by atoms with Gasteiger partial charge in [-0.1, -0.05) is 13.0 Å². The largest absolute Gasteiger partial charge is 0.379 e. The Morgan fingerprint density at radius 3 is 3.21 bits per heavy atom. The van der Waals surface area contributed by atoms with Gasteiger partial charge in [-0.05, 0) is 5.92 Å². The third-order valence-corrected chi connectivity index (χ3v) is 2.15. The van der Waals surface area contributed by atoms with E-state index in [2.05, 4.69) is 6.92 Å². The topological polar surface area (TPSA) is 55.6 Å². The van der Waals surface area contributed by atoms with Crippen LogP contribution in [0.1, 0.15) is 6.92 Å². The molecule has 1 fully saturated rings. The van der Waals surface area contributed by atoms with Crippen LogP contribution in [0.5, 0.6) is 0 Å². The number of hydrogen-bond acceptors (Lipinski definition) is 3. The van der Waals surface area contributed by atoms with Gasteiger partial charge in [0.15, 0.2) is 0 Å². The molecule has 1 amide bonds. The monoisotopic (exact) mass is 198 g/mol. The number of ether oxygens (including phenoxy) is 1. The van der Waals surface area contributed by atoms with Gasteiger partial charge in [-0.3, -0.25) is 4.79 Å². The molecule has 2 N–H and O–H groups in total. The zero-order valence-electron chi connectivity index (χ0n) is 8.61. The van der Waals surface area contributed by atoms with Crippen LogP contribution in [0.2, 0.25) is 0 Å². The molecule has 14 heavy (non-hydrogen) atoms. The minimum Gasteiger partial charge on any atom is -0.379 e. The third kappa shape index (κ3) is 3.47. The van der Waals surface area contributed by atoms with Gasteiger partial charge in [-0.2, -0.15) is 0 Å². The molecule has 1 rings (SSSR count). The van der Waals surface area contributed by atoms with Crippen LogP contribution in [0.25, 0.3) is 0 Å². The molecular weight excluding hydrogens is 180 g/mol. The molecule has 0 aromatic heterocycles. The number of carbonyl (C=O) groups is 1.